The molecule has 1 unspecified atom stereocenters. The van der Waals surface area contributed by atoms with Gasteiger partial charge in [0.2, 0.25) is 5.91 Å². The molecule has 2 aliphatic heterocycles. The molecule has 3 rings (SSSR count). The largest absolute Gasteiger partial charge is 0.336 e. The number of amides is 3. The van der Waals surface area contributed by atoms with Crippen LogP contribution in [-0.4, -0.2) is 51.7 Å². The Morgan fingerprint density at radius 2 is 2.18 bits per heavy atom. The molecule has 2 aliphatic rings. The summed E-state index contributed by atoms with van der Waals surface area (Å²) in [5.74, 6) is -0.167. The molecule has 0 saturated carbocycles. The van der Waals surface area contributed by atoms with E-state index >= 15 is 0 Å². The number of thioether (sulfide) groups is 1. The molecule has 3 amide bonds. The molecule has 1 atom stereocenters. The lowest BCUT2D eigenvalue weighted by molar-refractivity contribution is -0.126. The van der Waals surface area contributed by atoms with E-state index < -0.39 is 0 Å². The van der Waals surface area contributed by atoms with E-state index in [0.29, 0.717) is 30.6 Å². The summed E-state index contributed by atoms with van der Waals surface area (Å²) in [6, 6.07) is 8.30. The Morgan fingerprint density at radius 3 is 2.86 bits per heavy atom. The molecule has 2 fully saturated rings. The van der Waals surface area contributed by atoms with E-state index in [1.165, 1.54) is 4.90 Å². The van der Waals surface area contributed by atoms with Crippen molar-refractivity contribution < 1.29 is 14.4 Å². The van der Waals surface area contributed by atoms with Crippen LogP contribution < -0.4 is 0 Å². The molecule has 0 aliphatic carbocycles. The molecule has 22 heavy (non-hydrogen) atoms. The Bertz CT molecular complexity index is 682. The highest BCUT2D eigenvalue weighted by Gasteiger charge is 2.40. The maximum atomic E-state index is 12.5. The van der Waals surface area contributed by atoms with Gasteiger partial charge in [-0.3, -0.25) is 19.3 Å². The number of likely N-dealkylation sites (tertiary alicyclic amines) is 1. The second-order valence-electron chi connectivity index (χ2n) is 5.20. The molecule has 1 aromatic carbocycles. The van der Waals surface area contributed by atoms with Gasteiger partial charge in [0, 0.05) is 18.7 Å². The monoisotopic (exact) mass is 315 g/mol. The fourth-order valence-corrected chi connectivity index (χ4v) is 3.53. The number of imide groups is 1. The predicted octanol–water partition coefficient (Wildman–Crippen LogP) is 1.47. The molecular formula is C15H13N3O3S. The molecule has 0 radical (unpaired) electrons. The summed E-state index contributed by atoms with van der Waals surface area (Å²) < 4.78 is 0. The van der Waals surface area contributed by atoms with Gasteiger partial charge >= 0.3 is 0 Å². The maximum Gasteiger partial charge on any atom is 0.289 e. The second-order valence-corrected chi connectivity index (χ2v) is 6.13. The number of nitriles is 1. The van der Waals surface area contributed by atoms with Gasteiger partial charge in [-0.05, 0) is 24.6 Å². The van der Waals surface area contributed by atoms with Crippen LogP contribution in [0, 0.1) is 11.3 Å². The van der Waals surface area contributed by atoms with Gasteiger partial charge < -0.3 is 4.90 Å². The van der Waals surface area contributed by atoms with Crippen LogP contribution in [0.3, 0.4) is 0 Å². The van der Waals surface area contributed by atoms with Gasteiger partial charge in [0.15, 0.2) is 0 Å². The number of benzene rings is 1. The predicted molar refractivity (Wildman–Crippen MR) is 80.2 cm³/mol. The Balaban J connectivity index is 1.72. The lowest BCUT2D eigenvalue weighted by Crippen LogP contribution is -2.41. The maximum absolute atomic E-state index is 12.5. The highest BCUT2D eigenvalue weighted by atomic mass is 32.2. The van der Waals surface area contributed by atoms with Crippen LogP contribution >= 0.6 is 11.8 Å². The first-order valence-electron chi connectivity index (χ1n) is 6.88. The van der Waals surface area contributed by atoms with E-state index in [-0.39, 0.29) is 28.8 Å². The molecule has 0 spiro atoms. The Kier molecular flexibility index (Phi) is 3.86. The van der Waals surface area contributed by atoms with Crippen molar-refractivity contribution in [3.63, 3.8) is 0 Å². The van der Waals surface area contributed by atoms with Crippen molar-refractivity contribution in [1.29, 1.82) is 5.26 Å². The lowest BCUT2D eigenvalue weighted by atomic mass is 10.1. The van der Waals surface area contributed by atoms with Crippen LogP contribution in [0.15, 0.2) is 24.3 Å². The van der Waals surface area contributed by atoms with Gasteiger partial charge in [0.25, 0.3) is 11.1 Å². The van der Waals surface area contributed by atoms with Crippen molar-refractivity contribution in [2.75, 3.05) is 18.8 Å². The quantitative estimate of drug-likeness (QED) is 0.825. The van der Waals surface area contributed by atoms with Crippen LogP contribution in [0.5, 0.6) is 0 Å². The zero-order valence-electron chi connectivity index (χ0n) is 11.7. The normalized spacial score (nSPS) is 21.3. The molecule has 1 aromatic rings. The fraction of sp³-hybridized carbons (Fsp3) is 0.333. The Labute approximate surface area is 131 Å². The van der Waals surface area contributed by atoms with E-state index in [4.69, 9.17) is 5.26 Å². The summed E-state index contributed by atoms with van der Waals surface area (Å²) in [6.45, 7) is 0.857. The number of nitrogens with zero attached hydrogens (tertiary/aromatic N) is 3. The van der Waals surface area contributed by atoms with Gasteiger partial charge in [-0.15, -0.1) is 0 Å². The van der Waals surface area contributed by atoms with Crippen molar-refractivity contribution >= 4 is 28.8 Å². The van der Waals surface area contributed by atoms with Crippen molar-refractivity contribution in [2.24, 2.45) is 0 Å². The van der Waals surface area contributed by atoms with Crippen molar-refractivity contribution in [3.05, 3.63) is 35.4 Å². The van der Waals surface area contributed by atoms with Crippen LogP contribution in [0.2, 0.25) is 0 Å². The average molecular weight is 315 g/mol. The highest BCUT2D eigenvalue weighted by Crippen LogP contribution is 2.26. The number of rotatable bonds is 2. The second kappa shape index (κ2) is 5.81. The van der Waals surface area contributed by atoms with Crippen molar-refractivity contribution in [2.45, 2.75) is 12.5 Å². The molecule has 2 heterocycles. The Morgan fingerprint density at radius 1 is 1.36 bits per heavy atom. The van der Waals surface area contributed by atoms with Gasteiger partial charge in [-0.2, -0.15) is 5.26 Å². The fourth-order valence-electron chi connectivity index (χ4n) is 2.76. The van der Waals surface area contributed by atoms with Crippen LogP contribution in [-0.2, 0) is 4.79 Å². The molecule has 0 N–H and O–H groups in total. The zero-order chi connectivity index (χ0) is 15.7. The van der Waals surface area contributed by atoms with Gasteiger partial charge in [0.1, 0.15) is 0 Å². The molecule has 0 bridgehead atoms. The van der Waals surface area contributed by atoms with E-state index in [2.05, 4.69) is 0 Å². The molecule has 112 valence electrons. The first-order valence-corrected chi connectivity index (χ1v) is 7.87. The standard InChI is InChI=1S/C15H13N3O3S/c16-7-10-2-1-3-11(6-10)14(20)17-5-4-12(8-17)18-13(19)9-22-15(18)21/h1-3,6,12H,4-5,8-9H2. The summed E-state index contributed by atoms with van der Waals surface area (Å²) in [5.41, 5.74) is 0.885. The van der Waals surface area contributed by atoms with Crippen molar-refractivity contribution in [1.82, 2.24) is 9.80 Å². The third kappa shape index (κ3) is 2.57. The van der Waals surface area contributed by atoms with Gasteiger partial charge in [-0.25, -0.2) is 0 Å². The first-order chi connectivity index (χ1) is 10.6. The third-order valence-electron chi connectivity index (χ3n) is 3.84. The Hall–Kier alpha value is -2.33. The summed E-state index contributed by atoms with van der Waals surface area (Å²) in [4.78, 5) is 38.8. The summed E-state index contributed by atoms with van der Waals surface area (Å²) in [7, 11) is 0. The molecule has 2 saturated heterocycles. The molecular weight excluding hydrogens is 302 g/mol. The van der Waals surface area contributed by atoms with Crippen LogP contribution in [0.1, 0.15) is 22.3 Å². The average Bonchev–Trinajstić information content (AvgIpc) is 3.13. The number of carbonyl (C=O) groups is 3. The van der Waals surface area contributed by atoms with Crippen LogP contribution in [0.25, 0.3) is 0 Å². The minimum absolute atomic E-state index is 0.175. The van der Waals surface area contributed by atoms with Gasteiger partial charge in [0.05, 0.1) is 23.4 Å². The number of hydrogen-bond acceptors (Lipinski definition) is 5. The number of carbonyl (C=O) groups excluding carboxylic acids is 3. The van der Waals surface area contributed by atoms with Crippen molar-refractivity contribution in [3.8, 4) is 6.07 Å². The first kappa shape index (κ1) is 14.6. The minimum Gasteiger partial charge on any atom is -0.336 e. The SMILES string of the molecule is N#Cc1cccc(C(=O)N2CCC(N3C(=O)CSC3=O)C2)c1. The molecule has 6 nitrogen and oxygen atoms in total. The summed E-state index contributed by atoms with van der Waals surface area (Å²) in [5, 5.41) is 8.67. The highest BCUT2D eigenvalue weighted by molar-refractivity contribution is 8.14. The smallest absolute Gasteiger partial charge is 0.289 e. The lowest BCUT2D eigenvalue weighted by Gasteiger charge is -2.22. The topological polar surface area (TPSA) is 81.5 Å². The molecule has 0 aromatic heterocycles. The summed E-state index contributed by atoms with van der Waals surface area (Å²) >= 11 is 1.01. The van der Waals surface area contributed by atoms with E-state index in [0.717, 1.165) is 11.8 Å². The zero-order valence-corrected chi connectivity index (χ0v) is 12.5. The molecule has 7 heteroatoms. The summed E-state index contributed by atoms with van der Waals surface area (Å²) in [6.07, 6.45) is 0.599. The number of hydrogen-bond donors (Lipinski definition) is 0. The van der Waals surface area contributed by atoms with E-state index in [1.54, 1.807) is 29.2 Å². The van der Waals surface area contributed by atoms with E-state index in [9.17, 15) is 14.4 Å². The third-order valence-corrected chi connectivity index (χ3v) is 4.67. The van der Waals surface area contributed by atoms with Crippen LogP contribution in [0.4, 0.5) is 4.79 Å². The minimum atomic E-state index is -0.238. The van der Waals surface area contributed by atoms with Gasteiger partial charge in [-0.1, -0.05) is 17.8 Å². The van der Waals surface area contributed by atoms with E-state index in [1.807, 2.05) is 6.07 Å².